The lowest BCUT2D eigenvalue weighted by atomic mass is 10.0. The minimum absolute atomic E-state index is 0.148. The standard InChI is InChI=1S/C15H14BrFO3/c1-19-10-4-5-11(12(16)8-10)15(18)9-3-6-14(20-2)13(17)7-9/h3-8,15,18H,1-2H3. The van der Waals surface area contributed by atoms with Gasteiger partial charge in [0.25, 0.3) is 0 Å². The lowest BCUT2D eigenvalue weighted by Crippen LogP contribution is -2.02. The maximum atomic E-state index is 13.7. The van der Waals surface area contributed by atoms with Gasteiger partial charge in [0, 0.05) is 4.47 Å². The normalized spacial score (nSPS) is 12.1. The van der Waals surface area contributed by atoms with Crippen LogP contribution in [0.2, 0.25) is 0 Å². The molecule has 0 aliphatic carbocycles. The van der Waals surface area contributed by atoms with Gasteiger partial charge < -0.3 is 14.6 Å². The summed E-state index contributed by atoms with van der Waals surface area (Å²) in [5.74, 6) is 0.317. The quantitative estimate of drug-likeness (QED) is 0.922. The zero-order valence-electron chi connectivity index (χ0n) is 11.1. The van der Waals surface area contributed by atoms with Gasteiger partial charge in [-0.3, -0.25) is 0 Å². The van der Waals surface area contributed by atoms with Gasteiger partial charge in [0.05, 0.1) is 14.2 Å². The van der Waals surface area contributed by atoms with E-state index in [1.54, 1.807) is 31.4 Å². The SMILES string of the molecule is COc1ccc(C(O)c2ccc(OC)c(F)c2)c(Br)c1. The third-order valence-electron chi connectivity index (χ3n) is 2.99. The Morgan fingerprint density at radius 2 is 1.85 bits per heavy atom. The van der Waals surface area contributed by atoms with E-state index in [2.05, 4.69) is 15.9 Å². The topological polar surface area (TPSA) is 38.7 Å². The van der Waals surface area contributed by atoms with Gasteiger partial charge in [-0.1, -0.05) is 28.1 Å². The zero-order chi connectivity index (χ0) is 14.7. The van der Waals surface area contributed by atoms with Crippen molar-refractivity contribution >= 4 is 15.9 Å². The molecule has 1 unspecified atom stereocenters. The highest BCUT2D eigenvalue weighted by Gasteiger charge is 2.16. The van der Waals surface area contributed by atoms with Gasteiger partial charge >= 0.3 is 0 Å². The zero-order valence-corrected chi connectivity index (χ0v) is 12.6. The third-order valence-corrected chi connectivity index (χ3v) is 3.68. The van der Waals surface area contributed by atoms with Crippen LogP contribution < -0.4 is 9.47 Å². The lowest BCUT2D eigenvalue weighted by Gasteiger charge is -2.15. The lowest BCUT2D eigenvalue weighted by molar-refractivity contribution is 0.218. The number of aliphatic hydroxyl groups excluding tert-OH is 1. The molecule has 1 atom stereocenters. The van der Waals surface area contributed by atoms with Gasteiger partial charge in [-0.05, 0) is 35.4 Å². The number of halogens is 2. The minimum atomic E-state index is -0.935. The van der Waals surface area contributed by atoms with Crippen molar-refractivity contribution in [2.75, 3.05) is 14.2 Å². The molecule has 20 heavy (non-hydrogen) atoms. The van der Waals surface area contributed by atoms with E-state index >= 15 is 0 Å². The van der Waals surface area contributed by atoms with E-state index in [-0.39, 0.29) is 5.75 Å². The maximum absolute atomic E-state index is 13.7. The van der Waals surface area contributed by atoms with Crippen LogP contribution in [-0.4, -0.2) is 19.3 Å². The van der Waals surface area contributed by atoms with Crippen LogP contribution in [0, 0.1) is 5.82 Å². The molecule has 0 aliphatic heterocycles. The predicted octanol–water partition coefficient (Wildman–Crippen LogP) is 3.69. The molecule has 0 radical (unpaired) electrons. The van der Waals surface area contributed by atoms with Gasteiger partial charge in [0.1, 0.15) is 11.9 Å². The summed E-state index contributed by atoms with van der Waals surface area (Å²) in [7, 11) is 2.96. The molecule has 0 aliphatic rings. The second-order valence-electron chi connectivity index (χ2n) is 4.18. The first-order valence-corrected chi connectivity index (χ1v) is 6.71. The molecule has 0 amide bonds. The van der Waals surface area contributed by atoms with E-state index in [4.69, 9.17) is 9.47 Å². The molecule has 0 bridgehead atoms. The highest BCUT2D eigenvalue weighted by molar-refractivity contribution is 9.10. The molecule has 0 aromatic heterocycles. The Kier molecular flexibility index (Phi) is 4.62. The summed E-state index contributed by atoms with van der Waals surface area (Å²) in [6, 6.07) is 9.60. The Labute approximate surface area is 125 Å². The highest BCUT2D eigenvalue weighted by Crippen LogP contribution is 2.32. The van der Waals surface area contributed by atoms with E-state index in [0.29, 0.717) is 21.3 Å². The number of rotatable bonds is 4. The Bertz CT molecular complexity index is 616. The largest absolute Gasteiger partial charge is 0.497 e. The van der Waals surface area contributed by atoms with Crippen molar-refractivity contribution in [3.8, 4) is 11.5 Å². The summed E-state index contributed by atoms with van der Waals surface area (Å²) < 4.78 is 24.3. The Hall–Kier alpha value is -1.59. The fourth-order valence-corrected chi connectivity index (χ4v) is 2.46. The van der Waals surface area contributed by atoms with Gasteiger partial charge in [-0.15, -0.1) is 0 Å². The maximum Gasteiger partial charge on any atom is 0.165 e. The first-order chi connectivity index (χ1) is 9.56. The van der Waals surface area contributed by atoms with Crippen LogP contribution in [-0.2, 0) is 0 Å². The fourth-order valence-electron chi connectivity index (χ4n) is 1.89. The summed E-state index contributed by atoms with van der Waals surface area (Å²) in [6.07, 6.45) is -0.935. The molecule has 2 aromatic rings. The smallest absolute Gasteiger partial charge is 0.165 e. The molecule has 0 spiro atoms. The van der Waals surface area contributed by atoms with Crippen LogP contribution in [0.1, 0.15) is 17.2 Å². The van der Waals surface area contributed by atoms with Gasteiger partial charge in [0.2, 0.25) is 0 Å². The molecular weight excluding hydrogens is 327 g/mol. The highest BCUT2D eigenvalue weighted by atomic mass is 79.9. The molecule has 2 aromatic carbocycles. The predicted molar refractivity (Wildman–Crippen MR) is 77.7 cm³/mol. The molecular formula is C15H14BrFO3. The van der Waals surface area contributed by atoms with Crippen molar-refractivity contribution in [2.24, 2.45) is 0 Å². The van der Waals surface area contributed by atoms with E-state index < -0.39 is 11.9 Å². The van der Waals surface area contributed by atoms with Crippen molar-refractivity contribution in [1.29, 1.82) is 0 Å². The number of aliphatic hydroxyl groups is 1. The van der Waals surface area contributed by atoms with Crippen molar-refractivity contribution < 1.29 is 19.0 Å². The average molecular weight is 341 g/mol. The molecule has 2 rings (SSSR count). The van der Waals surface area contributed by atoms with Crippen LogP contribution in [0.4, 0.5) is 4.39 Å². The van der Waals surface area contributed by atoms with Crippen LogP contribution in [0.25, 0.3) is 0 Å². The molecule has 0 saturated carbocycles. The third kappa shape index (κ3) is 2.94. The molecule has 0 fully saturated rings. The number of methoxy groups -OCH3 is 2. The Morgan fingerprint density at radius 3 is 2.40 bits per heavy atom. The molecule has 5 heteroatoms. The van der Waals surface area contributed by atoms with Crippen LogP contribution in [0.5, 0.6) is 11.5 Å². The van der Waals surface area contributed by atoms with Crippen molar-refractivity contribution in [3.05, 3.63) is 57.8 Å². The summed E-state index contributed by atoms with van der Waals surface area (Å²) in [6.45, 7) is 0. The van der Waals surface area contributed by atoms with Gasteiger partial charge in [-0.25, -0.2) is 4.39 Å². The van der Waals surface area contributed by atoms with Crippen molar-refractivity contribution in [1.82, 2.24) is 0 Å². The number of hydrogen-bond acceptors (Lipinski definition) is 3. The van der Waals surface area contributed by atoms with E-state index in [0.717, 1.165) is 0 Å². The summed E-state index contributed by atoms with van der Waals surface area (Å²) >= 11 is 3.37. The second kappa shape index (κ2) is 6.24. The molecule has 0 heterocycles. The second-order valence-corrected chi connectivity index (χ2v) is 5.04. The first-order valence-electron chi connectivity index (χ1n) is 5.91. The van der Waals surface area contributed by atoms with Crippen molar-refractivity contribution in [3.63, 3.8) is 0 Å². The van der Waals surface area contributed by atoms with E-state index in [1.165, 1.54) is 19.2 Å². The van der Waals surface area contributed by atoms with Gasteiger partial charge in [-0.2, -0.15) is 0 Å². The first kappa shape index (κ1) is 14.8. The summed E-state index contributed by atoms with van der Waals surface area (Å²) in [5, 5.41) is 10.3. The number of ether oxygens (including phenoxy) is 2. The van der Waals surface area contributed by atoms with Crippen LogP contribution >= 0.6 is 15.9 Å². The number of benzene rings is 2. The van der Waals surface area contributed by atoms with Crippen molar-refractivity contribution in [2.45, 2.75) is 6.10 Å². The summed E-state index contributed by atoms with van der Waals surface area (Å²) in [5.41, 5.74) is 1.09. The van der Waals surface area contributed by atoms with E-state index in [9.17, 15) is 9.50 Å². The molecule has 3 nitrogen and oxygen atoms in total. The Morgan fingerprint density at radius 1 is 1.10 bits per heavy atom. The summed E-state index contributed by atoms with van der Waals surface area (Å²) in [4.78, 5) is 0. The molecule has 1 N–H and O–H groups in total. The molecule has 106 valence electrons. The number of hydrogen-bond donors (Lipinski definition) is 1. The van der Waals surface area contributed by atoms with Crippen LogP contribution in [0.15, 0.2) is 40.9 Å². The minimum Gasteiger partial charge on any atom is -0.497 e. The fraction of sp³-hybridized carbons (Fsp3) is 0.200. The molecule has 0 saturated heterocycles. The van der Waals surface area contributed by atoms with Gasteiger partial charge in [0.15, 0.2) is 11.6 Å². The average Bonchev–Trinajstić information content (AvgIpc) is 2.46. The Balaban J connectivity index is 2.35. The van der Waals surface area contributed by atoms with Crippen LogP contribution in [0.3, 0.4) is 0 Å². The van der Waals surface area contributed by atoms with E-state index in [1.807, 2.05) is 0 Å². The monoisotopic (exact) mass is 340 g/mol.